The topological polar surface area (TPSA) is 56.5 Å². The van der Waals surface area contributed by atoms with Gasteiger partial charge in [-0.2, -0.15) is 0 Å². The van der Waals surface area contributed by atoms with Gasteiger partial charge in [0.1, 0.15) is 0 Å². The van der Waals surface area contributed by atoms with Crippen LogP contribution < -0.4 is 0 Å². The molecular weight excluding hydrogens is 671 g/mol. The second kappa shape index (κ2) is 13.8. The summed E-state index contributed by atoms with van der Waals surface area (Å²) in [6.45, 7) is 0. The van der Waals surface area contributed by atoms with Crippen LogP contribution in [0.5, 0.6) is 0 Å². The maximum Gasteiger partial charge on any atom is 0.164 e. The predicted molar refractivity (Wildman–Crippen MR) is 225 cm³/mol. The summed E-state index contributed by atoms with van der Waals surface area (Å²) in [6.07, 6.45) is 3.62. The number of fused-ring (bicyclic) bond motifs is 3. The minimum atomic E-state index is 0.625. The molecule has 0 radical (unpaired) electrons. The van der Waals surface area contributed by atoms with Crippen LogP contribution in [0.25, 0.3) is 95.0 Å². The predicted octanol–water partition coefficient (Wildman–Crippen LogP) is 12.4. The first kappa shape index (κ1) is 32.2. The van der Waals surface area contributed by atoms with Crippen molar-refractivity contribution in [2.24, 2.45) is 0 Å². The summed E-state index contributed by atoms with van der Waals surface area (Å²) in [5.74, 6) is 1.89. The summed E-state index contributed by atoms with van der Waals surface area (Å²) in [6, 6.07) is 65.7. The first-order chi connectivity index (χ1) is 27.2. The van der Waals surface area contributed by atoms with Crippen LogP contribution in [0, 0.1) is 0 Å². The molecule has 5 heteroatoms. The molecule has 0 saturated carbocycles. The molecule has 0 atom stereocenters. The minimum absolute atomic E-state index is 0.625. The molecule has 0 aliphatic heterocycles. The lowest BCUT2D eigenvalue weighted by atomic mass is 9.97. The third-order valence-corrected chi connectivity index (χ3v) is 10.2. The lowest BCUT2D eigenvalue weighted by Gasteiger charge is -2.11. The van der Waals surface area contributed by atoms with Crippen LogP contribution in [0.1, 0.15) is 0 Å². The molecule has 7 aromatic carbocycles. The Hall–Kier alpha value is -7.50. The Bertz CT molecular complexity index is 2950. The van der Waals surface area contributed by atoms with E-state index in [2.05, 4.69) is 143 Å². The molecule has 10 rings (SSSR count). The maximum absolute atomic E-state index is 5.02. The van der Waals surface area contributed by atoms with E-state index in [-0.39, 0.29) is 0 Å². The van der Waals surface area contributed by atoms with Gasteiger partial charge in [-0.1, -0.05) is 133 Å². The molecule has 0 aliphatic carbocycles. The Morgan fingerprint density at radius 2 is 0.745 bits per heavy atom. The Balaban J connectivity index is 1.00. The number of pyridine rings is 1. The van der Waals surface area contributed by atoms with Crippen LogP contribution in [0.4, 0.5) is 0 Å². The van der Waals surface area contributed by atoms with Gasteiger partial charge in [0.25, 0.3) is 0 Å². The van der Waals surface area contributed by atoms with Gasteiger partial charge in [-0.25, -0.2) is 15.0 Å². The number of nitrogens with zero attached hydrogens (tertiary/aromatic N) is 5. The van der Waals surface area contributed by atoms with E-state index in [1.807, 2.05) is 67.0 Å². The molecule has 3 aromatic heterocycles. The van der Waals surface area contributed by atoms with Crippen molar-refractivity contribution >= 4 is 21.8 Å². The van der Waals surface area contributed by atoms with E-state index in [1.54, 1.807) is 0 Å². The molecule has 10 aromatic rings. The van der Waals surface area contributed by atoms with Crippen LogP contribution in [0.2, 0.25) is 0 Å². The third-order valence-electron chi connectivity index (χ3n) is 10.2. The van der Waals surface area contributed by atoms with Crippen molar-refractivity contribution in [2.75, 3.05) is 0 Å². The molecule has 0 fully saturated rings. The maximum atomic E-state index is 5.02. The molecule has 0 bridgehead atoms. The van der Waals surface area contributed by atoms with Gasteiger partial charge in [0.05, 0.1) is 11.0 Å². The summed E-state index contributed by atoms with van der Waals surface area (Å²) >= 11 is 0. The van der Waals surface area contributed by atoms with Crippen LogP contribution >= 0.6 is 0 Å². The Labute approximate surface area is 318 Å². The molecule has 0 saturated heterocycles. The second-order valence-corrected chi connectivity index (χ2v) is 13.6. The second-order valence-electron chi connectivity index (χ2n) is 13.6. The van der Waals surface area contributed by atoms with Gasteiger partial charge in [0, 0.05) is 45.5 Å². The molecule has 0 aliphatic rings. The molecule has 0 unspecified atom stereocenters. The van der Waals surface area contributed by atoms with Gasteiger partial charge < -0.3 is 4.57 Å². The first-order valence-corrected chi connectivity index (χ1v) is 18.4. The number of hydrogen-bond acceptors (Lipinski definition) is 4. The Morgan fingerprint density at radius 1 is 0.291 bits per heavy atom. The van der Waals surface area contributed by atoms with Crippen molar-refractivity contribution in [3.63, 3.8) is 0 Å². The number of rotatable bonds is 7. The van der Waals surface area contributed by atoms with E-state index in [4.69, 9.17) is 15.0 Å². The van der Waals surface area contributed by atoms with E-state index in [9.17, 15) is 0 Å². The van der Waals surface area contributed by atoms with Crippen molar-refractivity contribution in [1.82, 2.24) is 24.5 Å². The summed E-state index contributed by atoms with van der Waals surface area (Å²) in [4.78, 5) is 19.1. The SMILES string of the molecule is c1ccc(-c2nc(-c3ccc(-c4cccc(-c5ccc6c(c5)c5ccccc5n6-c5ccccc5)c4)cc3)nc(-c3cccc(-c4ccncc4)c3)n2)cc1. The van der Waals surface area contributed by atoms with Crippen molar-refractivity contribution in [3.05, 3.63) is 200 Å². The number of benzene rings is 7. The van der Waals surface area contributed by atoms with Crippen molar-refractivity contribution in [3.8, 4) is 73.2 Å². The summed E-state index contributed by atoms with van der Waals surface area (Å²) in [7, 11) is 0. The third kappa shape index (κ3) is 6.14. The van der Waals surface area contributed by atoms with Gasteiger partial charge in [0.15, 0.2) is 17.5 Å². The largest absolute Gasteiger partial charge is 0.309 e. The number of para-hydroxylation sites is 2. The first-order valence-electron chi connectivity index (χ1n) is 18.4. The van der Waals surface area contributed by atoms with E-state index < -0.39 is 0 Å². The Morgan fingerprint density at radius 3 is 1.45 bits per heavy atom. The molecular formula is C50H33N5. The molecule has 258 valence electrons. The highest BCUT2D eigenvalue weighted by Gasteiger charge is 2.15. The average molecular weight is 704 g/mol. The van der Waals surface area contributed by atoms with E-state index in [0.717, 1.165) is 44.6 Å². The molecule has 0 spiro atoms. The fourth-order valence-corrected chi connectivity index (χ4v) is 7.43. The van der Waals surface area contributed by atoms with Crippen LogP contribution in [0.15, 0.2) is 200 Å². The van der Waals surface area contributed by atoms with Crippen molar-refractivity contribution < 1.29 is 0 Å². The van der Waals surface area contributed by atoms with Gasteiger partial charge in [-0.3, -0.25) is 4.98 Å². The average Bonchev–Trinajstić information content (AvgIpc) is 3.61. The highest BCUT2D eigenvalue weighted by molar-refractivity contribution is 6.10. The van der Waals surface area contributed by atoms with Crippen LogP contribution in [-0.4, -0.2) is 24.5 Å². The van der Waals surface area contributed by atoms with Gasteiger partial charge in [0.2, 0.25) is 0 Å². The van der Waals surface area contributed by atoms with Crippen molar-refractivity contribution in [1.29, 1.82) is 0 Å². The fourth-order valence-electron chi connectivity index (χ4n) is 7.43. The van der Waals surface area contributed by atoms with Crippen molar-refractivity contribution in [2.45, 2.75) is 0 Å². The highest BCUT2D eigenvalue weighted by Crippen LogP contribution is 2.36. The smallest absolute Gasteiger partial charge is 0.164 e. The van der Waals surface area contributed by atoms with E-state index in [0.29, 0.717) is 17.5 Å². The van der Waals surface area contributed by atoms with Gasteiger partial charge >= 0.3 is 0 Å². The molecule has 0 amide bonds. The summed E-state index contributed by atoms with van der Waals surface area (Å²) in [5.41, 5.74) is 13.1. The summed E-state index contributed by atoms with van der Waals surface area (Å²) < 4.78 is 2.35. The zero-order valence-corrected chi connectivity index (χ0v) is 29.8. The van der Waals surface area contributed by atoms with Gasteiger partial charge in [-0.05, 0) is 88.0 Å². The van der Waals surface area contributed by atoms with Crippen LogP contribution in [-0.2, 0) is 0 Å². The van der Waals surface area contributed by atoms with Crippen LogP contribution in [0.3, 0.4) is 0 Å². The standard InChI is InChI=1S/C50H33N5/c1-3-11-36(12-4-1)48-52-49(54-50(53-48)42-16-10-14-39(32-42)35-27-29-51-30-28-35)37-23-21-34(22-24-37)38-13-9-15-40(31-38)41-25-26-47-45(33-41)44-19-7-8-20-46(44)55(47)43-17-5-2-6-18-43/h1-33H. The quantitative estimate of drug-likeness (QED) is 0.166. The Kier molecular flexibility index (Phi) is 8.08. The normalized spacial score (nSPS) is 11.3. The lowest BCUT2D eigenvalue weighted by molar-refractivity contribution is 1.07. The monoisotopic (exact) mass is 703 g/mol. The zero-order valence-electron chi connectivity index (χ0n) is 29.8. The van der Waals surface area contributed by atoms with E-state index in [1.165, 1.54) is 32.9 Å². The highest BCUT2D eigenvalue weighted by atomic mass is 15.0. The van der Waals surface area contributed by atoms with E-state index >= 15 is 0 Å². The molecule has 5 nitrogen and oxygen atoms in total. The number of aromatic nitrogens is 5. The number of hydrogen-bond donors (Lipinski definition) is 0. The lowest BCUT2D eigenvalue weighted by Crippen LogP contribution is -2.00. The fraction of sp³-hybridized carbons (Fsp3) is 0. The summed E-state index contributed by atoms with van der Waals surface area (Å²) in [5, 5.41) is 2.48. The van der Waals surface area contributed by atoms with Gasteiger partial charge in [-0.15, -0.1) is 0 Å². The molecule has 0 N–H and O–H groups in total. The minimum Gasteiger partial charge on any atom is -0.309 e. The molecule has 55 heavy (non-hydrogen) atoms. The molecule has 3 heterocycles. The zero-order chi connectivity index (χ0) is 36.6.